The highest BCUT2D eigenvalue weighted by molar-refractivity contribution is 5.75. The summed E-state index contributed by atoms with van der Waals surface area (Å²) in [5, 5.41) is 2.83. The molecule has 1 aromatic carbocycles. The van der Waals surface area contributed by atoms with Crippen LogP contribution in [-0.4, -0.2) is 25.7 Å². The van der Waals surface area contributed by atoms with Crippen LogP contribution in [0.25, 0.3) is 0 Å². The van der Waals surface area contributed by atoms with Gasteiger partial charge in [0.15, 0.2) is 0 Å². The van der Waals surface area contributed by atoms with Crippen molar-refractivity contribution in [3.05, 3.63) is 24.3 Å². The summed E-state index contributed by atoms with van der Waals surface area (Å²) >= 11 is 0. The Morgan fingerprint density at radius 1 is 1.16 bits per heavy atom. The molecule has 0 spiro atoms. The molecule has 0 aliphatic carbocycles. The average Bonchev–Trinajstić information content (AvgIpc) is 2.36. The summed E-state index contributed by atoms with van der Waals surface area (Å²) in [5.74, 6) is 2.07. The number of ether oxygens (including phenoxy) is 2. The third-order valence-electron chi connectivity index (χ3n) is 2.42. The van der Waals surface area contributed by atoms with Crippen LogP contribution >= 0.6 is 0 Å². The second-order valence-corrected chi connectivity index (χ2v) is 4.70. The van der Waals surface area contributed by atoms with Crippen LogP contribution in [0, 0.1) is 5.92 Å². The van der Waals surface area contributed by atoms with E-state index in [9.17, 15) is 4.79 Å². The Hall–Kier alpha value is -1.71. The first-order chi connectivity index (χ1) is 9.11. The fourth-order valence-corrected chi connectivity index (χ4v) is 1.60. The van der Waals surface area contributed by atoms with Crippen LogP contribution in [0.5, 0.6) is 11.5 Å². The van der Waals surface area contributed by atoms with Gasteiger partial charge in [-0.3, -0.25) is 4.79 Å². The monoisotopic (exact) mass is 265 g/mol. The number of carbonyl (C=O) groups excluding carboxylic acids is 1. The molecule has 1 amide bonds. The number of hydrogen-bond acceptors (Lipinski definition) is 3. The molecule has 0 aliphatic rings. The Balaban J connectivity index is 2.20. The molecule has 1 rings (SSSR count). The molecule has 0 saturated heterocycles. The highest BCUT2D eigenvalue weighted by Crippen LogP contribution is 2.17. The number of benzene rings is 1. The van der Waals surface area contributed by atoms with Crippen LogP contribution in [0.15, 0.2) is 24.3 Å². The molecular formula is C15H23NO3. The Kier molecular flexibility index (Phi) is 6.79. The highest BCUT2D eigenvalue weighted by Gasteiger charge is 2.03. The average molecular weight is 265 g/mol. The van der Waals surface area contributed by atoms with E-state index in [0.717, 1.165) is 11.5 Å². The van der Waals surface area contributed by atoms with Crippen LogP contribution in [0.3, 0.4) is 0 Å². The minimum absolute atomic E-state index is 0.0743. The SMILES string of the molecule is CCOc1ccc(OCCNC(=O)CC(C)C)cc1. The maximum absolute atomic E-state index is 11.4. The molecule has 0 unspecified atom stereocenters. The van der Waals surface area contributed by atoms with Gasteiger partial charge in [0.25, 0.3) is 0 Å². The molecule has 4 nitrogen and oxygen atoms in total. The molecule has 0 saturated carbocycles. The summed E-state index contributed by atoms with van der Waals surface area (Å²) in [5.41, 5.74) is 0. The van der Waals surface area contributed by atoms with Crippen LogP contribution in [0.2, 0.25) is 0 Å². The fraction of sp³-hybridized carbons (Fsp3) is 0.533. The topological polar surface area (TPSA) is 47.6 Å². The van der Waals surface area contributed by atoms with Gasteiger partial charge in [0.1, 0.15) is 18.1 Å². The molecular weight excluding hydrogens is 242 g/mol. The maximum atomic E-state index is 11.4. The van der Waals surface area contributed by atoms with Crippen LogP contribution in [0.4, 0.5) is 0 Å². The first-order valence-corrected chi connectivity index (χ1v) is 6.74. The molecule has 0 radical (unpaired) electrons. The van der Waals surface area contributed by atoms with Gasteiger partial charge >= 0.3 is 0 Å². The van der Waals surface area contributed by atoms with E-state index in [1.165, 1.54) is 0 Å². The molecule has 4 heteroatoms. The van der Waals surface area contributed by atoms with Gasteiger partial charge in [-0.15, -0.1) is 0 Å². The summed E-state index contributed by atoms with van der Waals surface area (Å²) in [4.78, 5) is 11.4. The molecule has 0 aromatic heterocycles. The van der Waals surface area contributed by atoms with Crippen molar-refractivity contribution in [3.63, 3.8) is 0 Å². The third kappa shape index (κ3) is 6.70. The first kappa shape index (κ1) is 15.3. The summed E-state index contributed by atoms with van der Waals surface area (Å²) < 4.78 is 10.9. The van der Waals surface area contributed by atoms with Crippen molar-refractivity contribution in [2.75, 3.05) is 19.8 Å². The van der Waals surface area contributed by atoms with Crippen molar-refractivity contribution >= 4 is 5.91 Å². The molecule has 1 N–H and O–H groups in total. The smallest absolute Gasteiger partial charge is 0.220 e. The molecule has 0 heterocycles. The van der Waals surface area contributed by atoms with E-state index in [-0.39, 0.29) is 5.91 Å². The molecule has 0 bridgehead atoms. The maximum Gasteiger partial charge on any atom is 0.220 e. The van der Waals surface area contributed by atoms with Gasteiger partial charge in [0.2, 0.25) is 5.91 Å². The van der Waals surface area contributed by atoms with Crippen molar-refractivity contribution in [3.8, 4) is 11.5 Å². The largest absolute Gasteiger partial charge is 0.494 e. The summed E-state index contributed by atoms with van der Waals surface area (Å²) in [6.07, 6.45) is 0.559. The predicted molar refractivity (Wildman–Crippen MR) is 75.6 cm³/mol. The van der Waals surface area contributed by atoms with E-state index in [1.54, 1.807) is 0 Å². The number of nitrogens with one attached hydrogen (secondary N) is 1. The fourth-order valence-electron chi connectivity index (χ4n) is 1.60. The van der Waals surface area contributed by atoms with E-state index in [4.69, 9.17) is 9.47 Å². The zero-order chi connectivity index (χ0) is 14.1. The second-order valence-electron chi connectivity index (χ2n) is 4.70. The zero-order valence-corrected chi connectivity index (χ0v) is 11.9. The molecule has 1 aromatic rings. The lowest BCUT2D eigenvalue weighted by Gasteiger charge is -2.09. The van der Waals surface area contributed by atoms with E-state index in [0.29, 0.717) is 32.1 Å². The first-order valence-electron chi connectivity index (χ1n) is 6.74. The van der Waals surface area contributed by atoms with Gasteiger partial charge in [-0.25, -0.2) is 0 Å². The minimum Gasteiger partial charge on any atom is -0.494 e. The number of amides is 1. The quantitative estimate of drug-likeness (QED) is 0.735. The van der Waals surface area contributed by atoms with Crippen LogP contribution in [0.1, 0.15) is 27.2 Å². The number of carbonyl (C=O) groups is 1. The lowest BCUT2D eigenvalue weighted by Crippen LogP contribution is -2.28. The molecule has 106 valence electrons. The van der Waals surface area contributed by atoms with Crippen LogP contribution < -0.4 is 14.8 Å². The van der Waals surface area contributed by atoms with Gasteiger partial charge < -0.3 is 14.8 Å². The van der Waals surface area contributed by atoms with Gasteiger partial charge in [0.05, 0.1) is 13.2 Å². The molecule has 0 atom stereocenters. The van der Waals surface area contributed by atoms with Gasteiger partial charge in [-0.2, -0.15) is 0 Å². The standard InChI is InChI=1S/C15H23NO3/c1-4-18-13-5-7-14(8-6-13)19-10-9-16-15(17)11-12(2)3/h5-8,12H,4,9-11H2,1-3H3,(H,16,17). The summed E-state index contributed by atoms with van der Waals surface area (Å²) in [7, 11) is 0. The normalized spacial score (nSPS) is 10.3. The van der Waals surface area contributed by atoms with Crippen LogP contribution in [-0.2, 0) is 4.79 Å². The van der Waals surface area contributed by atoms with Gasteiger partial charge in [-0.05, 0) is 37.1 Å². The Bertz CT molecular complexity index is 373. The lowest BCUT2D eigenvalue weighted by molar-refractivity contribution is -0.121. The Morgan fingerprint density at radius 2 is 1.74 bits per heavy atom. The minimum atomic E-state index is 0.0743. The van der Waals surface area contributed by atoms with Crippen molar-refractivity contribution < 1.29 is 14.3 Å². The predicted octanol–water partition coefficient (Wildman–Crippen LogP) is 2.63. The number of hydrogen-bond donors (Lipinski definition) is 1. The summed E-state index contributed by atoms with van der Waals surface area (Å²) in [6, 6.07) is 7.47. The van der Waals surface area contributed by atoms with Crippen molar-refractivity contribution in [1.29, 1.82) is 0 Å². The molecule has 0 aliphatic heterocycles. The molecule has 0 fully saturated rings. The molecule has 19 heavy (non-hydrogen) atoms. The van der Waals surface area contributed by atoms with Crippen molar-refractivity contribution in [2.24, 2.45) is 5.92 Å². The van der Waals surface area contributed by atoms with E-state index in [2.05, 4.69) is 5.32 Å². The number of rotatable bonds is 8. The van der Waals surface area contributed by atoms with Crippen molar-refractivity contribution in [2.45, 2.75) is 27.2 Å². The van der Waals surface area contributed by atoms with E-state index < -0.39 is 0 Å². The van der Waals surface area contributed by atoms with E-state index in [1.807, 2.05) is 45.0 Å². The zero-order valence-electron chi connectivity index (χ0n) is 11.9. The lowest BCUT2D eigenvalue weighted by atomic mass is 10.1. The highest BCUT2D eigenvalue weighted by atomic mass is 16.5. The summed E-state index contributed by atoms with van der Waals surface area (Å²) in [6.45, 7) is 7.65. The Labute approximate surface area is 115 Å². The van der Waals surface area contributed by atoms with Gasteiger partial charge in [0, 0.05) is 6.42 Å². The second kappa shape index (κ2) is 8.40. The van der Waals surface area contributed by atoms with E-state index >= 15 is 0 Å². The van der Waals surface area contributed by atoms with Gasteiger partial charge in [-0.1, -0.05) is 13.8 Å². The van der Waals surface area contributed by atoms with Crippen molar-refractivity contribution in [1.82, 2.24) is 5.32 Å². The Morgan fingerprint density at radius 3 is 2.26 bits per heavy atom. The third-order valence-corrected chi connectivity index (χ3v) is 2.42.